The molecular formula is C34H44Cl2N6O3S. The first-order chi connectivity index (χ1) is 20.7. The molecule has 0 atom stereocenters. The maximum Gasteiger partial charge on any atom is 0.228 e. The van der Waals surface area contributed by atoms with Crippen LogP contribution in [-0.4, -0.2) is 57.6 Å². The van der Waals surface area contributed by atoms with Crippen molar-refractivity contribution in [1.29, 1.82) is 0 Å². The van der Waals surface area contributed by atoms with Gasteiger partial charge in [-0.1, -0.05) is 59.0 Å². The minimum absolute atomic E-state index is 0. The number of aromatic nitrogens is 3. The lowest BCUT2D eigenvalue weighted by atomic mass is 9.80. The lowest BCUT2D eigenvalue weighted by Gasteiger charge is -2.27. The molecule has 0 fully saturated rings. The first kappa shape index (κ1) is 37.2. The van der Waals surface area contributed by atoms with E-state index in [1.165, 1.54) is 11.1 Å². The molecule has 0 bridgehead atoms. The van der Waals surface area contributed by atoms with Gasteiger partial charge in [-0.2, -0.15) is 19.5 Å². The molecule has 9 nitrogen and oxygen atoms in total. The Morgan fingerprint density at radius 1 is 0.957 bits per heavy atom. The molecule has 0 radical (unpaired) electrons. The zero-order valence-corrected chi connectivity index (χ0v) is 27.8. The Balaban J connectivity index is 0.00000288. The molecule has 0 amide bonds. The van der Waals surface area contributed by atoms with Crippen molar-refractivity contribution in [1.82, 2.24) is 15.0 Å². The number of rotatable bonds is 10. The predicted octanol–water partition coefficient (Wildman–Crippen LogP) is 7.63. The summed E-state index contributed by atoms with van der Waals surface area (Å²) < 4.78 is 35.6. The van der Waals surface area contributed by atoms with Gasteiger partial charge in [-0.05, 0) is 79.2 Å². The van der Waals surface area contributed by atoms with Crippen LogP contribution in [0.4, 0.5) is 17.3 Å². The zero-order valence-electron chi connectivity index (χ0n) is 25.4. The standard InChI is InChI=1S/C32H36Cl2N6O3S.2CH4/c1-31(2)22-11-6-7-12-25(22)40(17-8-9-18-44(41,42)43)27(31)14-10-13-26-32(3,4)23-19-21(15-16-24(23)39(26)5)20-35-30-37-28(33)36-29(34)38-30;;/h6-7,10-16,19H,8-9,17-18,20H2,1-5H3,(H-,35,36,37,38,41,42,43);2*1H4. The summed E-state index contributed by atoms with van der Waals surface area (Å²) in [5, 5.41) is 3.24. The first-order valence-electron chi connectivity index (χ1n) is 14.4. The number of fused-ring (bicyclic) bond motifs is 2. The van der Waals surface area contributed by atoms with E-state index >= 15 is 0 Å². The number of unbranched alkanes of at least 4 members (excludes halogenated alkanes) is 1. The van der Waals surface area contributed by atoms with Gasteiger partial charge in [-0.3, -0.25) is 0 Å². The lowest BCUT2D eigenvalue weighted by molar-refractivity contribution is -0.401. The van der Waals surface area contributed by atoms with Crippen LogP contribution in [0.25, 0.3) is 0 Å². The quantitative estimate of drug-likeness (QED) is 0.132. The monoisotopic (exact) mass is 686 g/mol. The Kier molecular flexibility index (Phi) is 11.5. The SMILES string of the molecule is C.C.C[N+]1=C(C=CC=C2N(CCCCS(=O)(=O)[O-])c3ccccc3C2(C)C)C(C)(C)c2cc(CNc3nc(Cl)nc(Cl)n3)ccc21. The first-order valence-corrected chi connectivity index (χ1v) is 16.8. The maximum atomic E-state index is 11.1. The van der Waals surface area contributed by atoms with Gasteiger partial charge in [0, 0.05) is 53.3 Å². The van der Waals surface area contributed by atoms with Gasteiger partial charge in [0.25, 0.3) is 0 Å². The second kappa shape index (κ2) is 14.2. The minimum atomic E-state index is -4.22. The molecule has 0 aliphatic carbocycles. The summed E-state index contributed by atoms with van der Waals surface area (Å²) in [5.74, 6) is -0.0279. The third-order valence-corrected chi connectivity index (χ3v) is 9.59. The Bertz CT molecular complexity index is 1780. The van der Waals surface area contributed by atoms with Gasteiger partial charge in [0.2, 0.25) is 22.2 Å². The summed E-state index contributed by atoms with van der Waals surface area (Å²) in [6.45, 7) is 9.97. The highest BCUT2D eigenvalue weighted by Crippen LogP contribution is 2.48. The van der Waals surface area contributed by atoms with Crippen LogP contribution in [0.1, 0.15) is 72.1 Å². The molecule has 2 aliphatic rings. The second-order valence-corrected chi connectivity index (χ2v) is 14.3. The Morgan fingerprint density at radius 3 is 2.30 bits per heavy atom. The highest BCUT2D eigenvalue weighted by Gasteiger charge is 2.43. The largest absolute Gasteiger partial charge is 0.748 e. The summed E-state index contributed by atoms with van der Waals surface area (Å²) in [6.07, 6.45) is 7.36. The van der Waals surface area contributed by atoms with Gasteiger partial charge < -0.3 is 14.8 Å². The van der Waals surface area contributed by atoms with E-state index in [1.807, 2.05) is 12.1 Å². The number of hydrogen-bond donors (Lipinski definition) is 1. The summed E-state index contributed by atoms with van der Waals surface area (Å²) in [5.41, 5.74) is 7.53. The fraction of sp³-hybridized carbons (Fsp3) is 0.412. The smallest absolute Gasteiger partial charge is 0.228 e. The van der Waals surface area contributed by atoms with Crippen molar-refractivity contribution in [3.63, 3.8) is 0 Å². The average Bonchev–Trinajstić information content (AvgIpc) is 3.27. The lowest BCUT2D eigenvalue weighted by Crippen LogP contribution is -2.28. The van der Waals surface area contributed by atoms with Crippen molar-refractivity contribution in [3.8, 4) is 0 Å². The Hall–Kier alpha value is -3.31. The average molecular weight is 688 g/mol. The molecule has 2 aromatic carbocycles. The van der Waals surface area contributed by atoms with Gasteiger partial charge in [-0.15, -0.1) is 0 Å². The molecule has 5 rings (SSSR count). The predicted molar refractivity (Wildman–Crippen MR) is 189 cm³/mol. The molecule has 12 heteroatoms. The number of nitrogens with zero attached hydrogens (tertiary/aromatic N) is 5. The molecule has 2 aliphatic heterocycles. The van der Waals surface area contributed by atoms with Crippen molar-refractivity contribution in [2.75, 3.05) is 29.6 Å². The fourth-order valence-corrected chi connectivity index (χ4v) is 7.16. The second-order valence-electron chi connectivity index (χ2n) is 12.1. The van der Waals surface area contributed by atoms with Gasteiger partial charge in [0.1, 0.15) is 7.05 Å². The van der Waals surface area contributed by atoms with E-state index in [4.69, 9.17) is 23.2 Å². The third-order valence-electron chi connectivity index (χ3n) is 8.46. The van der Waals surface area contributed by atoms with E-state index in [2.05, 4.69) is 113 Å². The maximum absolute atomic E-state index is 11.1. The summed E-state index contributed by atoms with van der Waals surface area (Å²) in [7, 11) is -2.14. The van der Waals surface area contributed by atoms with Gasteiger partial charge in [0.15, 0.2) is 5.71 Å². The number of allylic oxidation sites excluding steroid dienone is 4. The van der Waals surface area contributed by atoms with E-state index in [9.17, 15) is 13.0 Å². The molecule has 0 unspecified atom stereocenters. The molecule has 1 N–H and O–H groups in total. The van der Waals surface area contributed by atoms with E-state index in [-0.39, 0.29) is 42.0 Å². The van der Waals surface area contributed by atoms with E-state index < -0.39 is 10.1 Å². The number of hydrogen-bond acceptors (Lipinski definition) is 8. The summed E-state index contributed by atoms with van der Waals surface area (Å²) in [4.78, 5) is 14.2. The van der Waals surface area contributed by atoms with Crippen LogP contribution in [0, 0.1) is 0 Å². The molecule has 0 spiro atoms. The number of anilines is 2. The highest BCUT2D eigenvalue weighted by molar-refractivity contribution is 7.85. The van der Waals surface area contributed by atoms with Crippen molar-refractivity contribution < 1.29 is 17.5 Å². The normalized spacial score (nSPS) is 17.1. The van der Waals surface area contributed by atoms with E-state index in [1.54, 1.807) is 0 Å². The van der Waals surface area contributed by atoms with Crippen molar-refractivity contribution in [2.45, 2.75) is 72.8 Å². The Morgan fingerprint density at radius 2 is 1.63 bits per heavy atom. The van der Waals surface area contributed by atoms with Gasteiger partial charge in [-0.25, -0.2) is 8.42 Å². The van der Waals surface area contributed by atoms with Crippen LogP contribution in [0.15, 0.2) is 66.4 Å². The van der Waals surface area contributed by atoms with Crippen LogP contribution in [0.2, 0.25) is 10.6 Å². The van der Waals surface area contributed by atoms with Crippen LogP contribution in [-0.2, 0) is 27.5 Å². The van der Waals surface area contributed by atoms with Crippen LogP contribution >= 0.6 is 23.2 Å². The fourth-order valence-electron chi connectivity index (χ4n) is 6.24. The number of halogens is 2. The number of nitrogens with one attached hydrogen (secondary N) is 1. The molecule has 1 aromatic heterocycles. The van der Waals surface area contributed by atoms with Crippen molar-refractivity contribution in [2.24, 2.45) is 0 Å². The highest BCUT2D eigenvalue weighted by atomic mass is 35.5. The van der Waals surface area contributed by atoms with Crippen LogP contribution in [0.3, 0.4) is 0 Å². The van der Waals surface area contributed by atoms with Crippen molar-refractivity contribution >= 4 is 56.4 Å². The number of para-hydroxylation sites is 1. The molecule has 46 heavy (non-hydrogen) atoms. The van der Waals surface area contributed by atoms with E-state index in [0.29, 0.717) is 31.9 Å². The molecule has 0 saturated heterocycles. The minimum Gasteiger partial charge on any atom is -0.748 e. The van der Waals surface area contributed by atoms with Crippen molar-refractivity contribution in [3.05, 3.63) is 93.6 Å². The van der Waals surface area contributed by atoms with Gasteiger partial charge >= 0.3 is 0 Å². The van der Waals surface area contributed by atoms with E-state index in [0.717, 1.165) is 28.3 Å². The number of benzene rings is 2. The molecule has 3 aromatic rings. The van der Waals surface area contributed by atoms with Crippen LogP contribution < -0.4 is 10.2 Å². The molecular weight excluding hydrogens is 643 g/mol. The van der Waals surface area contributed by atoms with Gasteiger partial charge in [0.05, 0.1) is 15.5 Å². The molecule has 3 heterocycles. The topological polar surface area (TPSA) is 114 Å². The summed E-state index contributed by atoms with van der Waals surface area (Å²) in [6, 6.07) is 14.7. The zero-order chi connectivity index (χ0) is 31.9. The molecule has 248 valence electrons. The van der Waals surface area contributed by atoms with Crippen LogP contribution in [0.5, 0.6) is 0 Å². The Labute approximate surface area is 283 Å². The molecule has 0 saturated carbocycles. The third kappa shape index (κ3) is 7.62. The summed E-state index contributed by atoms with van der Waals surface area (Å²) >= 11 is 11.8.